The standard InChI is InChI=1S/C30H36N6O3S/c1-3-38-26-13-11-24(12-14-26)31-21-25-9-7-17-36(25)30-34-33-29(40-30)35-18-15-22(16-19-35)28(37)32-20-23-8-5-6-10-27(23)39-4-2/h5-14,17,22,31H,3-4,15-16,18-21H2,1-2H3,(H,32,37). The van der Waals surface area contributed by atoms with E-state index in [0.29, 0.717) is 26.3 Å². The van der Waals surface area contributed by atoms with Crippen LogP contribution in [0.5, 0.6) is 11.5 Å². The van der Waals surface area contributed by atoms with Gasteiger partial charge in [-0.3, -0.25) is 9.36 Å². The summed E-state index contributed by atoms with van der Waals surface area (Å²) >= 11 is 1.57. The predicted molar refractivity (Wildman–Crippen MR) is 159 cm³/mol. The Kier molecular flexibility index (Phi) is 9.18. The van der Waals surface area contributed by atoms with E-state index in [0.717, 1.165) is 64.6 Å². The molecular weight excluding hydrogens is 524 g/mol. The van der Waals surface area contributed by atoms with Crippen molar-refractivity contribution < 1.29 is 14.3 Å². The average Bonchev–Trinajstić information content (AvgIpc) is 3.67. The highest BCUT2D eigenvalue weighted by Crippen LogP contribution is 2.29. The van der Waals surface area contributed by atoms with Gasteiger partial charge in [-0.15, -0.1) is 10.2 Å². The lowest BCUT2D eigenvalue weighted by molar-refractivity contribution is -0.125. The third kappa shape index (κ3) is 6.74. The fraction of sp³-hybridized carbons (Fsp3) is 0.367. The number of aromatic nitrogens is 3. The van der Waals surface area contributed by atoms with E-state index >= 15 is 0 Å². The van der Waals surface area contributed by atoms with Crippen LogP contribution in [0, 0.1) is 5.92 Å². The fourth-order valence-corrected chi connectivity index (χ4v) is 5.73. The van der Waals surface area contributed by atoms with Gasteiger partial charge < -0.3 is 25.0 Å². The van der Waals surface area contributed by atoms with E-state index in [4.69, 9.17) is 9.47 Å². The second-order valence-electron chi connectivity index (χ2n) is 9.57. The van der Waals surface area contributed by atoms with Crippen molar-refractivity contribution in [1.29, 1.82) is 0 Å². The predicted octanol–water partition coefficient (Wildman–Crippen LogP) is 5.27. The molecule has 0 spiro atoms. The Morgan fingerprint density at radius 3 is 2.45 bits per heavy atom. The van der Waals surface area contributed by atoms with Crippen LogP contribution in [0.2, 0.25) is 0 Å². The number of piperidine rings is 1. The SMILES string of the molecule is CCOc1ccc(NCc2cccn2-c2nnc(N3CCC(C(=O)NCc4ccccc4OCC)CC3)s2)cc1. The average molecular weight is 561 g/mol. The molecule has 1 fully saturated rings. The molecule has 1 amide bonds. The molecule has 1 aliphatic heterocycles. The third-order valence-corrected chi connectivity index (χ3v) is 7.93. The number of benzene rings is 2. The van der Waals surface area contributed by atoms with Gasteiger partial charge in [0.15, 0.2) is 0 Å². The van der Waals surface area contributed by atoms with Crippen molar-refractivity contribution in [2.75, 3.05) is 36.5 Å². The quantitative estimate of drug-likeness (QED) is 0.244. The van der Waals surface area contributed by atoms with Gasteiger partial charge in [0.25, 0.3) is 0 Å². The first-order chi connectivity index (χ1) is 19.6. The number of hydrogen-bond donors (Lipinski definition) is 2. The first kappa shape index (κ1) is 27.5. The molecule has 40 heavy (non-hydrogen) atoms. The number of carbonyl (C=O) groups is 1. The number of anilines is 2. The summed E-state index contributed by atoms with van der Waals surface area (Å²) in [6.45, 7) is 7.88. The van der Waals surface area contributed by atoms with Crippen LogP contribution < -0.4 is 25.0 Å². The van der Waals surface area contributed by atoms with Crippen LogP contribution in [0.3, 0.4) is 0 Å². The highest BCUT2D eigenvalue weighted by Gasteiger charge is 2.27. The summed E-state index contributed by atoms with van der Waals surface area (Å²) in [6, 6.07) is 19.9. The number of amides is 1. The second-order valence-corrected chi connectivity index (χ2v) is 10.5. The minimum atomic E-state index is -0.00683. The van der Waals surface area contributed by atoms with Crippen LogP contribution in [0.25, 0.3) is 5.13 Å². The van der Waals surface area contributed by atoms with Crippen molar-refractivity contribution in [3.8, 4) is 16.6 Å². The smallest absolute Gasteiger partial charge is 0.223 e. The maximum Gasteiger partial charge on any atom is 0.223 e. The minimum absolute atomic E-state index is 0.00683. The first-order valence-corrected chi connectivity index (χ1v) is 14.7. The summed E-state index contributed by atoms with van der Waals surface area (Å²) in [4.78, 5) is 15.1. The lowest BCUT2D eigenvalue weighted by Crippen LogP contribution is -2.40. The molecule has 2 N–H and O–H groups in total. The second kappa shape index (κ2) is 13.3. The molecule has 5 rings (SSSR count). The zero-order valence-electron chi connectivity index (χ0n) is 23.0. The molecule has 9 nitrogen and oxygen atoms in total. The fourth-order valence-electron chi connectivity index (χ4n) is 4.81. The van der Waals surface area contributed by atoms with E-state index in [1.54, 1.807) is 11.3 Å². The molecule has 0 aliphatic carbocycles. The van der Waals surface area contributed by atoms with Gasteiger partial charge in [-0.1, -0.05) is 29.5 Å². The number of nitrogens with one attached hydrogen (secondary N) is 2. The normalized spacial score (nSPS) is 13.7. The summed E-state index contributed by atoms with van der Waals surface area (Å²) in [5, 5.41) is 17.2. The molecule has 210 valence electrons. The van der Waals surface area contributed by atoms with Gasteiger partial charge in [0, 0.05) is 48.7 Å². The highest BCUT2D eigenvalue weighted by molar-refractivity contribution is 7.17. The van der Waals surface area contributed by atoms with Crippen LogP contribution in [-0.2, 0) is 17.9 Å². The van der Waals surface area contributed by atoms with Crippen molar-refractivity contribution >= 4 is 28.1 Å². The Hall–Kier alpha value is -4.05. The van der Waals surface area contributed by atoms with Gasteiger partial charge in [-0.2, -0.15) is 0 Å². The van der Waals surface area contributed by atoms with Crippen LogP contribution >= 0.6 is 11.3 Å². The molecule has 4 aromatic rings. The Bertz CT molecular complexity index is 1380. The monoisotopic (exact) mass is 560 g/mol. The Morgan fingerprint density at radius 1 is 0.925 bits per heavy atom. The molecule has 0 bridgehead atoms. The van der Waals surface area contributed by atoms with Gasteiger partial charge in [0.05, 0.1) is 19.8 Å². The number of carbonyl (C=O) groups excluding carboxylic acids is 1. The van der Waals surface area contributed by atoms with E-state index in [9.17, 15) is 4.79 Å². The van der Waals surface area contributed by atoms with E-state index in [1.165, 1.54) is 0 Å². The van der Waals surface area contributed by atoms with E-state index in [1.807, 2.05) is 74.6 Å². The van der Waals surface area contributed by atoms with Gasteiger partial charge in [-0.05, 0) is 69.2 Å². The first-order valence-electron chi connectivity index (χ1n) is 13.8. The van der Waals surface area contributed by atoms with Gasteiger partial charge >= 0.3 is 0 Å². The van der Waals surface area contributed by atoms with Gasteiger partial charge in [-0.25, -0.2) is 0 Å². The molecule has 0 unspecified atom stereocenters. The van der Waals surface area contributed by atoms with E-state index < -0.39 is 0 Å². The van der Waals surface area contributed by atoms with Crippen molar-refractivity contribution in [2.24, 2.45) is 5.92 Å². The van der Waals surface area contributed by atoms with E-state index in [-0.39, 0.29) is 11.8 Å². The number of para-hydroxylation sites is 1. The molecule has 10 heteroatoms. The summed E-state index contributed by atoms with van der Waals surface area (Å²) in [6.07, 6.45) is 3.59. The van der Waals surface area contributed by atoms with Crippen molar-refractivity contribution in [3.63, 3.8) is 0 Å². The molecule has 2 aromatic heterocycles. The number of ether oxygens (including phenoxy) is 2. The Labute approximate surface area is 239 Å². The maximum absolute atomic E-state index is 12.9. The van der Waals surface area contributed by atoms with Crippen LogP contribution in [0.1, 0.15) is 37.9 Å². The number of hydrogen-bond acceptors (Lipinski definition) is 8. The molecular formula is C30H36N6O3S. The molecule has 0 atom stereocenters. The Morgan fingerprint density at radius 2 is 1.68 bits per heavy atom. The summed E-state index contributed by atoms with van der Waals surface area (Å²) < 4.78 is 13.3. The van der Waals surface area contributed by atoms with Gasteiger partial charge in [0.2, 0.25) is 16.2 Å². The van der Waals surface area contributed by atoms with E-state index in [2.05, 4.69) is 36.4 Å². The maximum atomic E-state index is 12.9. The van der Waals surface area contributed by atoms with Crippen molar-refractivity contribution in [1.82, 2.24) is 20.1 Å². The minimum Gasteiger partial charge on any atom is -0.494 e. The molecule has 1 aliphatic rings. The Balaban J connectivity index is 1.12. The lowest BCUT2D eigenvalue weighted by atomic mass is 9.96. The third-order valence-electron chi connectivity index (χ3n) is 6.94. The van der Waals surface area contributed by atoms with Crippen LogP contribution in [0.4, 0.5) is 10.8 Å². The molecule has 0 radical (unpaired) electrons. The summed E-state index contributed by atoms with van der Waals surface area (Å²) in [5.41, 5.74) is 3.12. The zero-order chi connectivity index (χ0) is 27.7. The van der Waals surface area contributed by atoms with Crippen LogP contribution in [-0.4, -0.2) is 47.0 Å². The number of nitrogens with zero attached hydrogens (tertiary/aromatic N) is 4. The van der Waals surface area contributed by atoms with Gasteiger partial charge in [0.1, 0.15) is 11.5 Å². The van der Waals surface area contributed by atoms with Crippen LogP contribution in [0.15, 0.2) is 66.9 Å². The molecule has 2 aromatic carbocycles. The largest absolute Gasteiger partial charge is 0.494 e. The molecule has 1 saturated heterocycles. The topological polar surface area (TPSA) is 93.5 Å². The lowest BCUT2D eigenvalue weighted by Gasteiger charge is -2.30. The summed E-state index contributed by atoms with van der Waals surface area (Å²) in [5.74, 6) is 1.78. The highest BCUT2D eigenvalue weighted by atomic mass is 32.1. The molecule has 0 saturated carbocycles. The molecule has 3 heterocycles. The zero-order valence-corrected chi connectivity index (χ0v) is 23.8. The van der Waals surface area contributed by atoms with Crippen molar-refractivity contribution in [3.05, 3.63) is 78.1 Å². The van der Waals surface area contributed by atoms with Crippen molar-refractivity contribution in [2.45, 2.75) is 39.8 Å². The number of rotatable bonds is 12. The summed E-state index contributed by atoms with van der Waals surface area (Å²) in [7, 11) is 0.